The molecule has 0 aromatic heterocycles. The van der Waals surface area contributed by atoms with Crippen LogP contribution in [0.4, 0.5) is 0 Å². The van der Waals surface area contributed by atoms with Gasteiger partial charge in [-0.25, -0.2) is 0 Å². The van der Waals surface area contributed by atoms with Crippen molar-refractivity contribution in [1.82, 2.24) is 5.32 Å². The van der Waals surface area contributed by atoms with Crippen molar-refractivity contribution in [3.05, 3.63) is 42.0 Å². The van der Waals surface area contributed by atoms with Gasteiger partial charge in [0, 0.05) is 6.08 Å². The molecule has 0 heterocycles. The maximum absolute atomic E-state index is 11.8. The van der Waals surface area contributed by atoms with E-state index in [0.717, 1.165) is 37.7 Å². The maximum Gasteiger partial charge on any atom is 0.244 e. The molecule has 1 aromatic carbocycles. The molecule has 2 unspecified atom stereocenters. The molecule has 1 saturated carbocycles. The number of aliphatic hydroxyl groups excluding tert-OH is 1. The van der Waals surface area contributed by atoms with Crippen molar-refractivity contribution < 1.29 is 9.90 Å². The number of benzene rings is 1. The fourth-order valence-electron chi connectivity index (χ4n) is 2.42. The zero-order valence-electron chi connectivity index (χ0n) is 11.1. The van der Waals surface area contributed by atoms with Crippen LogP contribution < -0.4 is 5.32 Å². The Bertz CT molecular complexity index is 428. The van der Waals surface area contributed by atoms with Crippen LogP contribution in [0.15, 0.2) is 36.4 Å². The lowest BCUT2D eigenvalue weighted by molar-refractivity contribution is -0.118. The number of carbonyl (C=O) groups excluding carboxylic acids is 1. The second-order valence-corrected chi connectivity index (χ2v) is 5.06. The average molecular weight is 259 g/mol. The van der Waals surface area contributed by atoms with Crippen molar-refractivity contribution in [3.63, 3.8) is 0 Å². The van der Waals surface area contributed by atoms with Gasteiger partial charge in [-0.15, -0.1) is 0 Å². The molecule has 2 atom stereocenters. The highest BCUT2D eigenvalue weighted by Crippen LogP contribution is 2.18. The van der Waals surface area contributed by atoms with Crippen molar-refractivity contribution in [2.45, 2.75) is 44.2 Å². The average Bonchev–Trinajstić information content (AvgIpc) is 2.63. The largest absolute Gasteiger partial charge is 0.391 e. The fourth-order valence-corrected chi connectivity index (χ4v) is 2.42. The van der Waals surface area contributed by atoms with Crippen molar-refractivity contribution in [3.8, 4) is 0 Å². The highest BCUT2D eigenvalue weighted by molar-refractivity contribution is 5.91. The highest BCUT2D eigenvalue weighted by atomic mass is 16.3. The molecular weight excluding hydrogens is 238 g/mol. The third-order valence-corrected chi connectivity index (χ3v) is 3.53. The summed E-state index contributed by atoms with van der Waals surface area (Å²) in [7, 11) is 0. The van der Waals surface area contributed by atoms with Gasteiger partial charge < -0.3 is 10.4 Å². The molecule has 102 valence electrons. The Kier molecular flexibility index (Phi) is 5.16. The van der Waals surface area contributed by atoms with Gasteiger partial charge in [0.25, 0.3) is 0 Å². The van der Waals surface area contributed by atoms with Gasteiger partial charge in [-0.1, -0.05) is 49.6 Å². The van der Waals surface area contributed by atoms with Gasteiger partial charge in [0.15, 0.2) is 0 Å². The molecule has 1 aliphatic carbocycles. The molecule has 3 heteroatoms. The number of amides is 1. The summed E-state index contributed by atoms with van der Waals surface area (Å²) in [6.45, 7) is 0. The van der Waals surface area contributed by atoms with Crippen molar-refractivity contribution in [1.29, 1.82) is 0 Å². The molecule has 19 heavy (non-hydrogen) atoms. The second kappa shape index (κ2) is 7.10. The summed E-state index contributed by atoms with van der Waals surface area (Å²) in [5.41, 5.74) is 0.999. The lowest BCUT2D eigenvalue weighted by Crippen LogP contribution is -2.41. The van der Waals surface area contributed by atoms with Crippen LogP contribution in [0.5, 0.6) is 0 Å². The number of aliphatic hydroxyl groups is 1. The molecular formula is C16H21NO2. The lowest BCUT2D eigenvalue weighted by Gasteiger charge is -2.20. The SMILES string of the molecule is O=C(/C=C/c1ccccc1)NC1CCCCCC1O. The molecule has 3 nitrogen and oxygen atoms in total. The van der Waals surface area contributed by atoms with E-state index >= 15 is 0 Å². The first-order chi connectivity index (χ1) is 9.25. The first-order valence-electron chi connectivity index (χ1n) is 6.97. The Labute approximate surface area is 114 Å². The summed E-state index contributed by atoms with van der Waals surface area (Å²) in [5, 5.41) is 12.8. The van der Waals surface area contributed by atoms with Crippen LogP contribution in [0.25, 0.3) is 6.08 Å². The molecule has 1 aliphatic rings. The van der Waals surface area contributed by atoms with Gasteiger partial charge in [0.1, 0.15) is 0 Å². The van der Waals surface area contributed by atoms with Crippen LogP contribution in [-0.4, -0.2) is 23.2 Å². The molecule has 1 fully saturated rings. The second-order valence-electron chi connectivity index (χ2n) is 5.06. The van der Waals surface area contributed by atoms with Gasteiger partial charge >= 0.3 is 0 Å². The lowest BCUT2D eigenvalue weighted by atomic mass is 10.1. The zero-order chi connectivity index (χ0) is 13.5. The third-order valence-electron chi connectivity index (χ3n) is 3.53. The van der Waals surface area contributed by atoms with Crippen LogP contribution in [0.1, 0.15) is 37.7 Å². The maximum atomic E-state index is 11.8. The number of carbonyl (C=O) groups is 1. The monoisotopic (exact) mass is 259 g/mol. The summed E-state index contributed by atoms with van der Waals surface area (Å²) >= 11 is 0. The molecule has 2 N–H and O–H groups in total. The van der Waals surface area contributed by atoms with E-state index in [1.54, 1.807) is 6.08 Å². The topological polar surface area (TPSA) is 49.3 Å². The summed E-state index contributed by atoms with van der Waals surface area (Å²) in [5.74, 6) is -0.130. The molecule has 0 saturated heterocycles. The molecule has 1 amide bonds. The third kappa shape index (κ3) is 4.52. The van der Waals surface area contributed by atoms with Crippen LogP contribution in [0, 0.1) is 0 Å². The number of nitrogens with one attached hydrogen (secondary N) is 1. The van der Waals surface area contributed by atoms with Crippen molar-refractivity contribution in [2.24, 2.45) is 0 Å². The van der Waals surface area contributed by atoms with Gasteiger partial charge in [-0.3, -0.25) is 4.79 Å². The first-order valence-corrected chi connectivity index (χ1v) is 6.97. The van der Waals surface area contributed by atoms with E-state index in [-0.39, 0.29) is 11.9 Å². The van der Waals surface area contributed by atoms with E-state index in [0.29, 0.717) is 0 Å². The van der Waals surface area contributed by atoms with Crippen LogP contribution in [0.2, 0.25) is 0 Å². The number of rotatable bonds is 3. The summed E-state index contributed by atoms with van der Waals surface area (Å²) in [4.78, 5) is 11.8. The summed E-state index contributed by atoms with van der Waals surface area (Å²) in [6, 6.07) is 9.61. The first kappa shape index (κ1) is 13.8. The summed E-state index contributed by atoms with van der Waals surface area (Å²) < 4.78 is 0. The zero-order valence-corrected chi connectivity index (χ0v) is 11.1. The minimum atomic E-state index is -0.406. The van der Waals surface area contributed by atoms with E-state index in [1.165, 1.54) is 6.08 Å². The quantitative estimate of drug-likeness (QED) is 0.647. The van der Waals surface area contributed by atoms with Crippen molar-refractivity contribution >= 4 is 12.0 Å². The van der Waals surface area contributed by atoms with E-state index in [1.807, 2.05) is 30.3 Å². The molecule has 0 spiro atoms. The van der Waals surface area contributed by atoms with Crippen LogP contribution in [0.3, 0.4) is 0 Å². The Morgan fingerprint density at radius 2 is 1.89 bits per heavy atom. The van der Waals surface area contributed by atoms with E-state index in [9.17, 15) is 9.90 Å². The molecule has 1 aromatic rings. The van der Waals surface area contributed by atoms with Crippen LogP contribution >= 0.6 is 0 Å². The molecule has 2 rings (SSSR count). The predicted molar refractivity (Wildman–Crippen MR) is 76.5 cm³/mol. The summed E-state index contributed by atoms with van der Waals surface area (Å²) in [6.07, 6.45) is 7.84. The Morgan fingerprint density at radius 1 is 1.16 bits per heavy atom. The minimum Gasteiger partial charge on any atom is -0.391 e. The number of hydrogen-bond donors (Lipinski definition) is 2. The normalized spacial score (nSPS) is 24.1. The smallest absolute Gasteiger partial charge is 0.244 e. The highest BCUT2D eigenvalue weighted by Gasteiger charge is 2.22. The minimum absolute atomic E-state index is 0.101. The predicted octanol–water partition coefficient (Wildman–Crippen LogP) is 2.51. The Morgan fingerprint density at radius 3 is 2.68 bits per heavy atom. The van der Waals surface area contributed by atoms with E-state index in [4.69, 9.17) is 0 Å². The van der Waals surface area contributed by atoms with Crippen molar-refractivity contribution in [2.75, 3.05) is 0 Å². The Balaban J connectivity index is 1.88. The van der Waals surface area contributed by atoms with E-state index < -0.39 is 6.10 Å². The van der Waals surface area contributed by atoms with Gasteiger partial charge in [0.2, 0.25) is 5.91 Å². The van der Waals surface area contributed by atoms with Gasteiger partial charge in [-0.05, 0) is 24.5 Å². The van der Waals surface area contributed by atoms with Gasteiger partial charge in [-0.2, -0.15) is 0 Å². The fraction of sp³-hybridized carbons (Fsp3) is 0.438. The molecule has 0 radical (unpaired) electrons. The number of hydrogen-bond acceptors (Lipinski definition) is 2. The van der Waals surface area contributed by atoms with E-state index in [2.05, 4.69) is 5.32 Å². The Hall–Kier alpha value is -1.61. The standard InChI is InChI=1S/C16H21NO2/c18-15-10-6-2-5-9-14(15)17-16(19)12-11-13-7-3-1-4-8-13/h1,3-4,7-8,11-12,14-15,18H,2,5-6,9-10H2,(H,17,19)/b12-11+. The van der Waals surface area contributed by atoms with Gasteiger partial charge in [0.05, 0.1) is 12.1 Å². The van der Waals surface area contributed by atoms with Crippen LogP contribution in [-0.2, 0) is 4.79 Å². The molecule has 0 aliphatic heterocycles. The molecule has 0 bridgehead atoms.